The highest BCUT2D eigenvalue weighted by molar-refractivity contribution is 6.00. The second-order valence-corrected chi connectivity index (χ2v) is 10.7. The van der Waals surface area contributed by atoms with Crippen molar-refractivity contribution >= 4 is 21.5 Å². The van der Waals surface area contributed by atoms with Crippen LogP contribution in [0.25, 0.3) is 32.8 Å². The molecular formula is C29H34N+. The standard InChI is InChI=1S/C29H34N/c1-19-22-11-9-10-12-24(22)26(29(5,6)7)18-25(19)27-23-14-13-21(28(2,3)4)17-20(23)15-16-30(27)8/h9-18H,1-8H3/q+1. The third-order valence-electron chi connectivity index (χ3n) is 6.38. The van der Waals surface area contributed by atoms with Gasteiger partial charge in [-0.25, -0.2) is 4.57 Å². The number of pyridine rings is 1. The summed E-state index contributed by atoms with van der Waals surface area (Å²) >= 11 is 0. The number of aryl methyl sites for hydroxylation is 2. The van der Waals surface area contributed by atoms with Crippen LogP contribution in [-0.2, 0) is 17.9 Å². The summed E-state index contributed by atoms with van der Waals surface area (Å²) in [5, 5.41) is 5.33. The molecule has 0 amide bonds. The number of benzene rings is 3. The minimum Gasteiger partial charge on any atom is -0.200 e. The van der Waals surface area contributed by atoms with Crippen molar-refractivity contribution < 1.29 is 4.57 Å². The molecule has 4 rings (SSSR count). The summed E-state index contributed by atoms with van der Waals surface area (Å²) in [5.41, 5.74) is 6.97. The highest BCUT2D eigenvalue weighted by Gasteiger charge is 2.25. The molecule has 0 unspecified atom stereocenters. The molecule has 1 heterocycles. The zero-order chi connectivity index (χ0) is 21.8. The molecule has 0 fully saturated rings. The Balaban J connectivity index is 2.10. The van der Waals surface area contributed by atoms with Crippen LogP contribution >= 0.6 is 0 Å². The Morgan fingerprint density at radius 2 is 1.37 bits per heavy atom. The Morgan fingerprint density at radius 3 is 2.00 bits per heavy atom. The summed E-state index contributed by atoms with van der Waals surface area (Å²) in [6.07, 6.45) is 2.20. The van der Waals surface area contributed by atoms with Crippen molar-refractivity contribution in [3.8, 4) is 11.3 Å². The first-order valence-electron chi connectivity index (χ1n) is 10.9. The van der Waals surface area contributed by atoms with Gasteiger partial charge in [-0.1, -0.05) is 77.9 Å². The predicted molar refractivity (Wildman–Crippen MR) is 130 cm³/mol. The van der Waals surface area contributed by atoms with Crippen LogP contribution in [0.1, 0.15) is 58.2 Å². The molecule has 4 aromatic rings. The van der Waals surface area contributed by atoms with E-state index in [2.05, 4.69) is 121 Å². The molecule has 0 bridgehead atoms. The number of fused-ring (bicyclic) bond motifs is 2. The average Bonchev–Trinajstić information content (AvgIpc) is 2.67. The minimum atomic E-state index is 0.0740. The Bertz CT molecular complexity index is 1260. The molecule has 0 aliphatic carbocycles. The molecule has 0 radical (unpaired) electrons. The van der Waals surface area contributed by atoms with Crippen LogP contribution in [0.5, 0.6) is 0 Å². The monoisotopic (exact) mass is 396 g/mol. The topological polar surface area (TPSA) is 3.88 Å². The molecular weight excluding hydrogens is 362 g/mol. The van der Waals surface area contributed by atoms with Crippen molar-refractivity contribution in [2.45, 2.75) is 59.3 Å². The fourth-order valence-electron chi connectivity index (χ4n) is 4.56. The number of nitrogens with zero attached hydrogens (tertiary/aromatic N) is 1. The van der Waals surface area contributed by atoms with Crippen LogP contribution in [0.3, 0.4) is 0 Å². The predicted octanol–water partition coefficient (Wildman–Crippen LogP) is 7.39. The van der Waals surface area contributed by atoms with E-state index in [-0.39, 0.29) is 10.8 Å². The second kappa shape index (κ2) is 6.94. The van der Waals surface area contributed by atoms with Gasteiger partial charge in [0.05, 0.1) is 10.9 Å². The molecule has 1 nitrogen and oxygen atoms in total. The molecule has 30 heavy (non-hydrogen) atoms. The van der Waals surface area contributed by atoms with E-state index in [1.807, 2.05) is 0 Å². The van der Waals surface area contributed by atoms with Gasteiger partial charge >= 0.3 is 0 Å². The molecule has 1 heteroatoms. The van der Waals surface area contributed by atoms with Crippen LogP contribution in [0.2, 0.25) is 0 Å². The van der Waals surface area contributed by atoms with Crippen LogP contribution in [0.15, 0.2) is 60.8 Å². The summed E-state index contributed by atoms with van der Waals surface area (Å²) in [5.74, 6) is 0. The zero-order valence-corrected chi connectivity index (χ0v) is 19.7. The van der Waals surface area contributed by atoms with Gasteiger partial charge in [-0.15, -0.1) is 0 Å². The number of aromatic nitrogens is 1. The van der Waals surface area contributed by atoms with Gasteiger partial charge in [0.25, 0.3) is 0 Å². The van der Waals surface area contributed by atoms with Crippen molar-refractivity contribution in [3.63, 3.8) is 0 Å². The van der Waals surface area contributed by atoms with E-state index >= 15 is 0 Å². The molecule has 3 aromatic carbocycles. The molecule has 0 aliphatic heterocycles. The van der Waals surface area contributed by atoms with Crippen LogP contribution in [0, 0.1) is 6.92 Å². The molecule has 0 N–H and O–H groups in total. The first-order valence-corrected chi connectivity index (χ1v) is 10.9. The van der Waals surface area contributed by atoms with Crippen molar-refractivity contribution in [2.75, 3.05) is 0 Å². The van der Waals surface area contributed by atoms with E-state index in [1.54, 1.807) is 0 Å². The minimum absolute atomic E-state index is 0.0740. The summed E-state index contributed by atoms with van der Waals surface area (Å²) in [6, 6.07) is 20.5. The van der Waals surface area contributed by atoms with Crippen molar-refractivity contribution in [2.24, 2.45) is 7.05 Å². The first-order chi connectivity index (χ1) is 14.0. The van der Waals surface area contributed by atoms with E-state index < -0.39 is 0 Å². The quantitative estimate of drug-likeness (QED) is 0.295. The lowest BCUT2D eigenvalue weighted by atomic mass is 9.80. The van der Waals surface area contributed by atoms with Crippen LogP contribution < -0.4 is 4.57 Å². The highest BCUT2D eigenvalue weighted by Crippen LogP contribution is 2.39. The molecule has 0 atom stereocenters. The third-order valence-corrected chi connectivity index (χ3v) is 6.38. The molecule has 0 aliphatic rings. The normalized spacial score (nSPS) is 12.7. The second-order valence-electron chi connectivity index (χ2n) is 10.7. The SMILES string of the molecule is Cc1c(-c2c3ccc(C(C)(C)C)cc3cc[n+]2C)cc(C(C)(C)C)c2ccccc12. The van der Waals surface area contributed by atoms with E-state index in [0.29, 0.717) is 0 Å². The maximum Gasteiger partial charge on any atom is 0.220 e. The van der Waals surface area contributed by atoms with E-state index in [4.69, 9.17) is 0 Å². The van der Waals surface area contributed by atoms with Gasteiger partial charge in [-0.3, -0.25) is 0 Å². The van der Waals surface area contributed by atoms with E-state index in [1.165, 1.54) is 49.5 Å². The van der Waals surface area contributed by atoms with E-state index in [0.717, 1.165) is 0 Å². The number of hydrogen-bond donors (Lipinski definition) is 0. The fourth-order valence-corrected chi connectivity index (χ4v) is 4.56. The summed E-state index contributed by atoms with van der Waals surface area (Å²) in [4.78, 5) is 0. The highest BCUT2D eigenvalue weighted by atomic mass is 14.9. The molecule has 1 aromatic heterocycles. The molecule has 0 saturated carbocycles. The van der Waals surface area contributed by atoms with Gasteiger partial charge in [0, 0.05) is 6.07 Å². The smallest absolute Gasteiger partial charge is 0.200 e. The van der Waals surface area contributed by atoms with Crippen molar-refractivity contribution in [1.29, 1.82) is 0 Å². The maximum atomic E-state index is 2.43. The van der Waals surface area contributed by atoms with Gasteiger partial charge in [0.2, 0.25) is 5.69 Å². The molecule has 0 spiro atoms. The van der Waals surface area contributed by atoms with Crippen molar-refractivity contribution in [1.82, 2.24) is 0 Å². The van der Waals surface area contributed by atoms with Crippen LogP contribution in [-0.4, -0.2) is 0 Å². The fraction of sp³-hybridized carbons (Fsp3) is 0.345. The molecule has 154 valence electrons. The summed E-state index contributed by atoms with van der Waals surface area (Å²) in [7, 11) is 2.16. The van der Waals surface area contributed by atoms with Gasteiger partial charge in [-0.2, -0.15) is 0 Å². The summed E-state index contributed by atoms with van der Waals surface area (Å²) < 4.78 is 2.28. The largest absolute Gasteiger partial charge is 0.220 e. The number of rotatable bonds is 1. The van der Waals surface area contributed by atoms with Gasteiger partial charge < -0.3 is 0 Å². The van der Waals surface area contributed by atoms with Gasteiger partial charge in [-0.05, 0) is 62.7 Å². The Hall–Kier alpha value is -2.67. The molecule has 0 saturated heterocycles. The summed E-state index contributed by atoms with van der Waals surface area (Å²) in [6.45, 7) is 16.0. The van der Waals surface area contributed by atoms with Gasteiger partial charge in [0.1, 0.15) is 7.05 Å². The Labute approximate surface area is 181 Å². The first kappa shape index (κ1) is 20.6. The van der Waals surface area contributed by atoms with E-state index in [9.17, 15) is 0 Å². The Morgan fingerprint density at radius 1 is 0.700 bits per heavy atom. The number of hydrogen-bond acceptors (Lipinski definition) is 0. The average molecular weight is 397 g/mol. The Kier molecular flexibility index (Phi) is 4.77. The lowest BCUT2D eigenvalue weighted by Gasteiger charge is -2.24. The third kappa shape index (κ3) is 3.41. The van der Waals surface area contributed by atoms with Crippen molar-refractivity contribution in [3.05, 3.63) is 77.5 Å². The zero-order valence-electron chi connectivity index (χ0n) is 19.7. The maximum absolute atomic E-state index is 2.43. The van der Waals surface area contributed by atoms with Crippen LogP contribution in [0.4, 0.5) is 0 Å². The lowest BCUT2D eigenvalue weighted by molar-refractivity contribution is -0.659. The van der Waals surface area contributed by atoms with Gasteiger partial charge in [0.15, 0.2) is 6.20 Å². The lowest BCUT2D eigenvalue weighted by Crippen LogP contribution is -2.31.